The predicted octanol–water partition coefficient (Wildman–Crippen LogP) is 0.365. The van der Waals surface area contributed by atoms with Gasteiger partial charge in [0.1, 0.15) is 0 Å². The van der Waals surface area contributed by atoms with Crippen LogP contribution in [0.4, 0.5) is 0 Å². The smallest absolute Gasteiger partial charge is 0.0672 e. The van der Waals surface area contributed by atoms with Crippen molar-refractivity contribution in [1.82, 2.24) is 10.6 Å². The highest BCUT2D eigenvalue weighted by Crippen LogP contribution is 1.91. The Bertz CT molecular complexity index is 91.1. The minimum absolute atomic E-state index is 0.425. The topological polar surface area (TPSA) is 33.3 Å². The van der Waals surface area contributed by atoms with E-state index < -0.39 is 0 Å². The zero-order chi connectivity index (χ0) is 8.65. The second-order valence-corrected chi connectivity index (χ2v) is 3.34. The van der Waals surface area contributed by atoms with E-state index in [2.05, 4.69) is 17.6 Å². The molecule has 3 heteroatoms. The third-order valence-corrected chi connectivity index (χ3v) is 2.07. The zero-order valence-electron chi connectivity index (χ0n) is 7.94. The van der Waals surface area contributed by atoms with Crippen LogP contribution in [0.2, 0.25) is 0 Å². The van der Waals surface area contributed by atoms with Crippen LogP contribution in [0.1, 0.15) is 19.8 Å². The number of hydrogen-bond acceptors (Lipinski definition) is 3. The summed E-state index contributed by atoms with van der Waals surface area (Å²) in [5.41, 5.74) is 0. The predicted molar refractivity (Wildman–Crippen MR) is 50.4 cm³/mol. The molecule has 2 N–H and O–H groups in total. The number of morpholine rings is 1. The Balaban J connectivity index is 0.000000127. The summed E-state index contributed by atoms with van der Waals surface area (Å²) < 4.78 is 5.22. The average Bonchev–Trinajstić information content (AvgIpc) is 2.62. The Morgan fingerprint density at radius 3 is 2.08 bits per heavy atom. The molecule has 1 atom stereocenters. The van der Waals surface area contributed by atoms with Gasteiger partial charge in [0.05, 0.1) is 12.7 Å². The standard InChI is InChI=1S/C5H11NO.C4H9N/c1-5-4-6-2-3-7-5;1-2-4-5-3-1/h5-6H,2-4H2,1H3;5H,1-4H2/t5-;/m1./s1. The van der Waals surface area contributed by atoms with Crippen molar-refractivity contribution in [3.8, 4) is 0 Å². The summed E-state index contributed by atoms with van der Waals surface area (Å²) in [5, 5.41) is 6.43. The van der Waals surface area contributed by atoms with Crippen LogP contribution < -0.4 is 10.6 Å². The Hall–Kier alpha value is -0.120. The monoisotopic (exact) mass is 172 g/mol. The van der Waals surface area contributed by atoms with Crippen molar-refractivity contribution in [3.05, 3.63) is 0 Å². The summed E-state index contributed by atoms with van der Waals surface area (Å²) in [6.45, 7) is 7.48. The third kappa shape index (κ3) is 4.70. The Morgan fingerprint density at radius 2 is 1.83 bits per heavy atom. The minimum atomic E-state index is 0.425. The normalized spacial score (nSPS) is 29.2. The van der Waals surface area contributed by atoms with Crippen LogP contribution in [-0.2, 0) is 4.74 Å². The molecule has 0 aromatic rings. The highest BCUT2D eigenvalue weighted by atomic mass is 16.5. The number of hydrogen-bond donors (Lipinski definition) is 2. The van der Waals surface area contributed by atoms with Crippen molar-refractivity contribution in [3.63, 3.8) is 0 Å². The Morgan fingerprint density at radius 1 is 1.08 bits per heavy atom. The van der Waals surface area contributed by atoms with Gasteiger partial charge in [0.15, 0.2) is 0 Å². The molecule has 2 aliphatic rings. The lowest BCUT2D eigenvalue weighted by Gasteiger charge is -2.18. The number of nitrogens with one attached hydrogen (secondary N) is 2. The molecule has 2 heterocycles. The average molecular weight is 172 g/mol. The molecule has 0 unspecified atom stereocenters. The third-order valence-electron chi connectivity index (χ3n) is 2.07. The van der Waals surface area contributed by atoms with Crippen molar-refractivity contribution in [2.75, 3.05) is 32.8 Å². The van der Waals surface area contributed by atoms with Crippen LogP contribution >= 0.6 is 0 Å². The molecule has 0 amide bonds. The Kier molecular flexibility index (Phi) is 5.32. The molecular weight excluding hydrogens is 152 g/mol. The number of ether oxygens (including phenoxy) is 1. The number of rotatable bonds is 0. The molecule has 0 spiro atoms. The van der Waals surface area contributed by atoms with E-state index in [0.29, 0.717) is 6.10 Å². The van der Waals surface area contributed by atoms with Crippen molar-refractivity contribution in [1.29, 1.82) is 0 Å². The molecule has 0 aromatic heterocycles. The van der Waals surface area contributed by atoms with E-state index in [0.717, 1.165) is 19.7 Å². The van der Waals surface area contributed by atoms with E-state index in [9.17, 15) is 0 Å². The zero-order valence-corrected chi connectivity index (χ0v) is 7.94. The molecule has 0 bridgehead atoms. The molecule has 12 heavy (non-hydrogen) atoms. The fourth-order valence-electron chi connectivity index (χ4n) is 1.32. The second kappa shape index (κ2) is 6.40. The van der Waals surface area contributed by atoms with Gasteiger partial charge in [0.25, 0.3) is 0 Å². The maximum absolute atomic E-state index is 5.22. The van der Waals surface area contributed by atoms with Crippen LogP contribution in [0.5, 0.6) is 0 Å². The molecule has 2 fully saturated rings. The van der Waals surface area contributed by atoms with Crippen LogP contribution in [0.15, 0.2) is 0 Å². The van der Waals surface area contributed by atoms with E-state index in [1.165, 1.54) is 25.9 Å². The van der Waals surface area contributed by atoms with Gasteiger partial charge in [-0.15, -0.1) is 0 Å². The van der Waals surface area contributed by atoms with Gasteiger partial charge in [-0.25, -0.2) is 0 Å². The molecule has 2 saturated heterocycles. The fraction of sp³-hybridized carbons (Fsp3) is 1.00. The van der Waals surface area contributed by atoms with E-state index in [1.54, 1.807) is 0 Å². The summed E-state index contributed by atoms with van der Waals surface area (Å²) >= 11 is 0. The van der Waals surface area contributed by atoms with E-state index in [1.807, 2.05) is 0 Å². The molecule has 0 saturated carbocycles. The lowest BCUT2D eigenvalue weighted by molar-refractivity contribution is 0.0410. The first-order valence-corrected chi connectivity index (χ1v) is 4.92. The maximum atomic E-state index is 5.22. The van der Waals surface area contributed by atoms with E-state index in [4.69, 9.17) is 4.74 Å². The van der Waals surface area contributed by atoms with Gasteiger partial charge >= 0.3 is 0 Å². The molecule has 0 aliphatic carbocycles. The van der Waals surface area contributed by atoms with Crippen LogP contribution in [-0.4, -0.2) is 38.9 Å². The highest BCUT2D eigenvalue weighted by Gasteiger charge is 2.04. The molecule has 72 valence electrons. The van der Waals surface area contributed by atoms with Crippen molar-refractivity contribution in [2.45, 2.75) is 25.9 Å². The van der Waals surface area contributed by atoms with Gasteiger partial charge < -0.3 is 15.4 Å². The summed E-state index contributed by atoms with van der Waals surface area (Å²) in [5.74, 6) is 0. The quantitative estimate of drug-likeness (QED) is 0.553. The van der Waals surface area contributed by atoms with Gasteiger partial charge in [0, 0.05) is 13.1 Å². The maximum Gasteiger partial charge on any atom is 0.0672 e. The molecule has 0 aromatic carbocycles. The first-order chi connectivity index (χ1) is 5.89. The second-order valence-electron chi connectivity index (χ2n) is 3.34. The van der Waals surface area contributed by atoms with Crippen molar-refractivity contribution >= 4 is 0 Å². The SMILES string of the molecule is C1CCNC1.C[C@@H]1CNCCO1. The summed E-state index contributed by atoms with van der Waals surface area (Å²) in [6.07, 6.45) is 3.20. The van der Waals surface area contributed by atoms with Gasteiger partial charge in [-0.05, 0) is 32.9 Å². The lowest BCUT2D eigenvalue weighted by atomic mass is 10.3. The van der Waals surface area contributed by atoms with Crippen LogP contribution in [0, 0.1) is 0 Å². The first kappa shape index (κ1) is 9.96. The first-order valence-electron chi connectivity index (χ1n) is 4.92. The summed E-state index contributed by atoms with van der Waals surface area (Å²) in [4.78, 5) is 0. The minimum Gasteiger partial charge on any atom is -0.376 e. The largest absolute Gasteiger partial charge is 0.376 e. The van der Waals surface area contributed by atoms with E-state index >= 15 is 0 Å². The highest BCUT2D eigenvalue weighted by molar-refractivity contribution is 4.59. The summed E-state index contributed by atoms with van der Waals surface area (Å²) in [7, 11) is 0. The van der Waals surface area contributed by atoms with E-state index in [-0.39, 0.29) is 0 Å². The van der Waals surface area contributed by atoms with Crippen molar-refractivity contribution < 1.29 is 4.74 Å². The molecule has 0 radical (unpaired) electrons. The van der Waals surface area contributed by atoms with Crippen LogP contribution in [0.25, 0.3) is 0 Å². The van der Waals surface area contributed by atoms with Gasteiger partial charge in [0.2, 0.25) is 0 Å². The van der Waals surface area contributed by atoms with Gasteiger partial charge in [-0.3, -0.25) is 0 Å². The lowest BCUT2D eigenvalue weighted by Crippen LogP contribution is -2.36. The molecule has 2 aliphatic heterocycles. The molecule has 2 rings (SSSR count). The van der Waals surface area contributed by atoms with Crippen molar-refractivity contribution in [2.24, 2.45) is 0 Å². The molecule has 3 nitrogen and oxygen atoms in total. The fourth-order valence-corrected chi connectivity index (χ4v) is 1.32. The summed E-state index contributed by atoms with van der Waals surface area (Å²) in [6, 6.07) is 0. The Labute approximate surface area is 74.9 Å². The molecular formula is C9H20N2O. The van der Waals surface area contributed by atoms with Crippen LogP contribution in [0.3, 0.4) is 0 Å². The van der Waals surface area contributed by atoms with Gasteiger partial charge in [-0.1, -0.05) is 0 Å². The van der Waals surface area contributed by atoms with Gasteiger partial charge in [-0.2, -0.15) is 0 Å².